The highest BCUT2D eigenvalue weighted by Crippen LogP contribution is 2.34. The molecule has 8 nitrogen and oxygen atoms in total. The molecule has 25 heavy (non-hydrogen) atoms. The summed E-state index contributed by atoms with van der Waals surface area (Å²) in [4.78, 5) is 23.4. The van der Waals surface area contributed by atoms with Crippen LogP contribution in [0.4, 0.5) is 4.79 Å². The molecule has 4 N–H and O–H groups in total. The lowest BCUT2D eigenvalue weighted by Gasteiger charge is -2.18. The molecule has 0 bridgehead atoms. The van der Waals surface area contributed by atoms with Gasteiger partial charge in [0.2, 0.25) is 5.91 Å². The van der Waals surface area contributed by atoms with Crippen molar-refractivity contribution in [3.8, 4) is 17.2 Å². The molecule has 1 aromatic carbocycles. The minimum atomic E-state index is -0.732. The van der Waals surface area contributed by atoms with E-state index in [2.05, 4.69) is 10.6 Å². The van der Waals surface area contributed by atoms with Gasteiger partial charge in [0.25, 0.3) is 0 Å². The lowest BCUT2D eigenvalue weighted by molar-refractivity contribution is -0.123. The van der Waals surface area contributed by atoms with Crippen LogP contribution in [0.3, 0.4) is 0 Å². The van der Waals surface area contributed by atoms with Gasteiger partial charge in [-0.3, -0.25) is 4.79 Å². The molecule has 0 aliphatic carbocycles. The van der Waals surface area contributed by atoms with Gasteiger partial charge in [0.05, 0.1) is 21.3 Å². The molecule has 0 aliphatic rings. The van der Waals surface area contributed by atoms with E-state index in [0.29, 0.717) is 23.7 Å². The van der Waals surface area contributed by atoms with E-state index in [1.807, 2.05) is 6.26 Å². The van der Waals surface area contributed by atoms with Gasteiger partial charge in [0, 0.05) is 18.2 Å². The number of methoxy groups -OCH3 is 3. The van der Waals surface area contributed by atoms with Crippen LogP contribution in [0.1, 0.15) is 12.0 Å². The monoisotopic (exact) mass is 371 g/mol. The van der Waals surface area contributed by atoms with Gasteiger partial charge < -0.3 is 30.6 Å². The fourth-order valence-electron chi connectivity index (χ4n) is 2.21. The Kier molecular flexibility index (Phi) is 8.76. The largest absolute Gasteiger partial charge is 0.496 e. The molecule has 1 atom stereocenters. The zero-order valence-electron chi connectivity index (χ0n) is 14.9. The summed E-state index contributed by atoms with van der Waals surface area (Å²) in [6.45, 7) is 0.207. The van der Waals surface area contributed by atoms with Crippen LogP contribution in [0, 0.1) is 0 Å². The van der Waals surface area contributed by atoms with Crippen molar-refractivity contribution in [2.45, 2.75) is 19.0 Å². The van der Waals surface area contributed by atoms with E-state index in [1.165, 1.54) is 21.3 Å². The Bertz CT molecular complexity index is 597. The molecular weight excluding hydrogens is 346 g/mol. The second-order valence-electron chi connectivity index (χ2n) is 5.08. The SMILES string of the molecule is COc1cc(OC)c(OC)cc1CNC(=O)C(CCSC)NC(N)=O. The predicted molar refractivity (Wildman–Crippen MR) is 97.5 cm³/mol. The lowest BCUT2D eigenvalue weighted by Crippen LogP contribution is -2.48. The van der Waals surface area contributed by atoms with E-state index < -0.39 is 12.1 Å². The second-order valence-corrected chi connectivity index (χ2v) is 6.07. The summed E-state index contributed by atoms with van der Waals surface area (Å²) in [5.41, 5.74) is 5.86. The van der Waals surface area contributed by atoms with E-state index in [-0.39, 0.29) is 12.5 Å². The normalized spacial score (nSPS) is 11.4. The molecule has 1 aromatic rings. The minimum absolute atomic E-state index is 0.207. The molecule has 3 amide bonds. The number of urea groups is 1. The molecule has 0 aromatic heterocycles. The maximum absolute atomic E-state index is 12.3. The topological polar surface area (TPSA) is 112 Å². The zero-order valence-corrected chi connectivity index (χ0v) is 15.7. The Balaban J connectivity index is 2.86. The van der Waals surface area contributed by atoms with Crippen LogP contribution in [0.25, 0.3) is 0 Å². The van der Waals surface area contributed by atoms with Crippen molar-refractivity contribution in [1.29, 1.82) is 0 Å². The molecule has 140 valence electrons. The first kappa shape index (κ1) is 20.8. The standard InChI is InChI=1S/C16H25N3O5S/c1-22-12-8-14(24-3)13(23-2)7-10(12)9-18-15(20)11(5-6-25-4)19-16(17)21/h7-8,11H,5-6,9H2,1-4H3,(H,18,20)(H3,17,19,21). The summed E-state index contributed by atoms with van der Waals surface area (Å²) >= 11 is 1.58. The third kappa shape index (κ3) is 6.26. The number of thioether (sulfide) groups is 1. The molecule has 1 unspecified atom stereocenters. The number of hydrogen-bond acceptors (Lipinski definition) is 6. The summed E-state index contributed by atoms with van der Waals surface area (Å²) in [6, 6.07) is 2.00. The minimum Gasteiger partial charge on any atom is -0.496 e. The Labute approximate surface area is 151 Å². The number of nitrogens with two attached hydrogens (primary N) is 1. The Morgan fingerprint density at radius 3 is 2.24 bits per heavy atom. The number of benzene rings is 1. The number of amides is 3. The van der Waals surface area contributed by atoms with Crippen LogP contribution < -0.4 is 30.6 Å². The predicted octanol–water partition coefficient (Wildman–Crippen LogP) is 1.12. The van der Waals surface area contributed by atoms with Crippen LogP contribution in [0.5, 0.6) is 17.2 Å². The van der Waals surface area contributed by atoms with Gasteiger partial charge >= 0.3 is 6.03 Å². The quantitative estimate of drug-likeness (QED) is 0.568. The maximum atomic E-state index is 12.3. The Morgan fingerprint density at radius 2 is 1.72 bits per heavy atom. The summed E-state index contributed by atoms with van der Waals surface area (Å²) in [6.07, 6.45) is 2.41. The van der Waals surface area contributed by atoms with Gasteiger partial charge in [-0.05, 0) is 24.5 Å². The first-order valence-electron chi connectivity index (χ1n) is 7.58. The van der Waals surface area contributed by atoms with Gasteiger partial charge in [-0.15, -0.1) is 0 Å². The first-order chi connectivity index (χ1) is 12.0. The summed E-state index contributed by atoms with van der Waals surface area (Å²) < 4.78 is 15.8. The number of carbonyl (C=O) groups is 2. The number of primary amides is 1. The third-order valence-electron chi connectivity index (χ3n) is 3.48. The van der Waals surface area contributed by atoms with Gasteiger partial charge in [-0.25, -0.2) is 4.79 Å². The van der Waals surface area contributed by atoms with E-state index >= 15 is 0 Å². The van der Waals surface area contributed by atoms with E-state index in [0.717, 1.165) is 11.3 Å². The number of carbonyl (C=O) groups excluding carboxylic acids is 2. The second kappa shape index (κ2) is 10.5. The van der Waals surface area contributed by atoms with E-state index in [1.54, 1.807) is 23.9 Å². The number of ether oxygens (including phenoxy) is 3. The van der Waals surface area contributed by atoms with E-state index in [9.17, 15) is 9.59 Å². The number of rotatable bonds is 10. The molecule has 0 heterocycles. The van der Waals surface area contributed by atoms with Crippen molar-refractivity contribution in [3.05, 3.63) is 17.7 Å². The molecule has 0 saturated carbocycles. The van der Waals surface area contributed by atoms with Crippen LogP contribution in [0.2, 0.25) is 0 Å². The Hall–Kier alpha value is -2.29. The highest BCUT2D eigenvalue weighted by molar-refractivity contribution is 7.98. The molecule has 0 fully saturated rings. The van der Waals surface area contributed by atoms with Crippen molar-refractivity contribution < 1.29 is 23.8 Å². The number of hydrogen-bond donors (Lipinski definition) is 3. The van der Waals surface area contributed by atoms with Gasteiger partial charge in [0.1, 0.15) is 11.8 Å². The zero-order chi connectivity index (χ0) is 18.8. The molecule has 0 saturated heterocycles. The van der Waals surface area contributed by atoms with Crippen molar-refractivity contribution >= 4 is 23.7 Å². The fraction of sp³-hybridized carbons (Fsp3) is 0.500. The smallest absolute Gasteiger partial charge is 0.312 e. The molecule has 1 rings (SSSR count). The summed E-state index contributed by atoms with van der Waals surface area (Å²) in [5.74, 6) is 2.02. The molecule has 0 spiro atoms. The average molecular weight is 371 g/mol. The van der Waals surface area contributed by atoms with Crippen molar-refractivity contribution in [2.75, 3.05) is 33.3 Å². The van der Waals surface area contributed by atoms with E-state index in [4.69, 9.17) is 19.9 Å². The summed E-state index contributed by atoms with van der Waals surface area (Å²) in [7, 11) is 4.59. The Morgan fingerprint density at radius 1 is 1.12 bits per heavy atom. The lowest BCUT2D eigenvalue weighted by atomic mass is 10.1. The van der Waals surface area contributed by atoms with Crippen LogP contribution in [-0.2, 0) is 11.3 Å². The molecule has 9 heteroatoms. The fourth-order valence-corrected chi connectivity index (χ4v) is 2.68. The number of nitrogens with one attached hydrogen (secondary N) is 2. The van der Waals surface area contributed by atoms with Gasteiger partial charge in [-0.1, -0.05) is 0 Å². The van der Waals surface area contributed by atoms with Crippen molar-refractivity contribution in [1.82, 2.24) is 10.6 Å². The molecule has 0 aliphatic heterocycles. The van der Waals surface area contributed by atoms with Crippen LogP contribution in [-0.4, -0.2) is 51.3 Å². The van der Waals surface area contributed by atoms with Crippen LogP contribution in [0.15, 0.2) is 12.1 Å². The van der Waals surface area contributed by atoms with Crippen molar-refractivity contribution in [3.63, 3.8) is 0 Å². The molecular formula is C16H25N3O5S. The van der Waals surface area contributed by atoms with Crippen molar-refractivity contribution in [2.24, 2.45) is 5.73 Å². The van der Waals surface area contributed by atoms with Crippen LogP contribution >= 0.6 is 11.8 Å². The first-order valence-corrected chi connectivity index (χ1v) is 8.97. The molecule has 0 radical (unpaired) electrons. The summed E-state index contributed by atoms with van der Waals surface area (Å²) in [5, 5.41) is 5.24. The highest BCUT2D eigenvalue weighted by atomic mass is 32.2. The third-order valence-corrected chi connectivity index (χ3v) is 4.13. The highest BCUT2D eigenvalue weighted by Gasteiger charge is 2.20. The van der Waals surface area contributed by atoms with Gasteiger partial charge in [0.15, 0.2) is 11.5 Å². The average Bonchev–Trinajstić information content (AvgIpc) is 2.61. The van der Waals surface area contributed by atoms with Gasteiger partial charge in [-0.2, -0.15) is 11.8 Å². The maximum Gasteiger partial charge on any atom is 0.312 e.